The monoisotopic (exact) mass is 729 g/mol. The Morgan fingerprint density at radius 3 is 1.53 bits per heavy atom. The third-order valence-electron chi connectivity index (χ3n) is 10.2. The predicted octanol–water partition coefficient (Wildman–Crippen LogP) is 11.9. The van der Waals surface area contributed by atoms with E-state index < -0.39 is 12.3 Å². The lowest BCUT2D eigenvalue weighted by molar-refractivity contribution is -0.157. The molecule has 0 aromatic heterocycles. The second-order valence-corrected chi connectivity index (χ2v) is 14.6. The molecule has 53 heavy (non-hydrogen) atoms. The van der Waals surface area contributed by atoms with E-state index in [0.29, 0.717) is 45.2 Å². The van der Waals surface area contributed by atoms with Gasteiger partial charge in [-0.3, -0.25) is 0 Å². The van der Waals surface area contributed by atoms with Gasteiger partial charge < -0.3 is 23.7 Å². The molecule has 1 atom stereocenters. The number of rotatable bonds is 22. The Balaban J connectivity index is 1.43. The van der Waals surface area contributed by atoms with E-state index in [4.69, 9.17) is 23.7 Å². The maximum atomic E-state index is 14.0. The molecule has 0 radical (unpaired) electrons. The summed E-state index contributed by atoms with van der Waals surface area (Å²) in [5.74, 6) is -0.436. The zero-order valence-corrected chi connectivity index (χ0v) is 33.1. The van der Waals surface area contributed by atoms with Crippen molar-refractivity contribution in [3.05, 3.63) is 83.4 Å². The van der Waals surface area contributed by atoms with Crippen molar-refractivity contribution in [2.24, 2.45) is 0 Å². The van der Waals surface area contributed by atoms with E-state index in [1.54, 1.807) is 0 Å². The van der Waals surface area contributed by atoms with Gasteiger partial charge in [-0.25, -0.2) is 4.79 Å². The minimum absolute atomic E-state index is 0.123. The standard InChI is InChI=1S/C47H68O6/c1-3-5-7-9-11-13-15-17-19-39-21-25-41(26-22-39)43-29-30-44(42-27-23-40(24-28-42)20-18-16-14-12-10-8-6-4-2)45(37-43)47(48)53-46-38-51-34-33-49-31-32-50-35-36-52-46/h21-30,37,46H,3-20,31-36,38H2,1-2H3. The molecule has 6 heteroatoms. The van der Waals surface area contributed by atoms with Crippen LogP contribution in [0.1, 0.15) is 138 Å². The lowest BCUT2D eigenvalue weighted by atomic mass is 9.93. The van der Waals surface area contributed by atoms with Crippen LogP contribution in [0.5, 0.6) is 0 Å². The van der Waals surface area contributed by atoms with Gasteiger partial charge in [0.1, 0.15) is 6.61 Å². The predicted molar refractivity (Wildman–Crippen MR) is 218 cm³/mol. The summed E-state index contributed by atoms with van der Waals surface area (Å²) in [6, 6.07) is 23.6. The van der Waals surface area contributed by atoms with Gasteiger partial charge in [0.2, 0.25) is 6.29 Å². The van der Waals surface area contributed by atoms with Gasteiger partial charge in [0.15, 0.2) is 0 Å². The SMILES string of the molecule is CCCCCCCCCCc1ccc(-c2ccc(-c3ccc(CCCCCCCCCC)cc3)c(C(=O)OC3COCCOCCOCCO3)c2)cc1. The molecular weight excluding hydrogens is 661 g/mol. The van der Waals surface area contributed by atoms with Gasteiger partial charge in [-0.1, -0.05) is 164 Å². The average Bonchev–Trinajstić information content (AvgIpc) is 3.18. The van der Waals surface area contributed by atoms with E-state index in [-0.39, 0.29) is 6.61 Å². The average molecular weight is 729 g/mol. The second-order valence-electron chi connectivity index (χ2n) is 14.6. The number of esters is 1. The van der Waals surface area contributed by atoms with Gasteiger partial charge in [-0.05, 0) is 65.1 Å². The van der Waals surface area contributed by atoms with Crippen LogP contribution in [-0.2, 0) is 36.5 Å². The number of hydrogen-bond donors (Lipinski definition) is 0. The largest absolute Gasteiger partial charge is 0.430 e. The molecule has 1 saturated heterocycles. The summed E-state index contributed by atoms with van der Waals surface area (Å²) in [7, 11) is 0. The molecule has 4 rings (SSSR count). The van der Waals surface area contributed by atoms with E-state index in [0.717, 1.165) is 35.1 Å². The first-order valence-corrected chi connectivity index (χ1v) is 21.1. The Labute approximate surface area is 321 Å². The second kappa shape index (κ2) is 26.7. The van der Waals surface area contributed by atoms with Gasteiger partial charge >= 0.3 is 5.97 Å². The molecule has 1 fully saturated rings. The minimum Gasteiger partial charge on any atom is -0.430 e. The van der Waals surface area contributed by atoms with Crippen molar-refractivity contribution in [2.75, 3.05) is 46.2 Å². The maximum absolute atomic E-state index is 14.0. The molecule has 0 spiro atoms. The Morgan fingerprint density at radius 1 is 0.528 bits per heavy atom. The lowest BCUT2D eigenvalue weighted by Gasteiger charge is -2.21. The van der Waals surface area contributed by atoms with Crippen LogP contribution >= 0.6 is 0 Å². The van der Waals surface area contributed by atoms with Gasteiger partial charge in [0, 0.05) is 0 Å². The molecular formula is C47H68O6. The zero-order valence-electron chi connectivity index (χ0n) is 33.1. The molecule has 0 N–H and O–H groups in total. The van der Waals surface area contributed by atoms with Crippen LogP contribution < -0.4 is 0 Å². The fraction of sp³-hybridized carbons (Fsp3) is 0.596. The number of unbranched alkanes of at least 4 members (excludes halogenated alkanes) is 14. The highest BCUT2D eigenvalue weighted by atomic mass is 16.7. The van der Waals surface area contributed by atoms with Crippen molar-refractivity contribution < 1.29 is 28.5 Å². The molecule has 1 aliphatic rings. The van der Waals surface area contributed by atoms with Gasteiger partial charge in [0.25, 0.3) is 0 Å². The molecule has 1 heterocycles. The normalized spacial score (nSPS) is 15.8. The summed E-state index contributed by atoms with van der Waals surface area (Å²) in [5.41, 5.74) is 7.09. The summed E-state index contributed by atoms with van der Waals surface area (Å²) in [5, 5.41) is 0. The van der Waals surface area contributed by atoms with E-state index in [1.807, 2.05) is 6.07 Å². The molecule has 0 amide bonds. The first kappa shape index (κ1) is 42.7. The van der Waals surface area contributed by atoms with Gasteiger partial charge in [0.05, 0.1) is 45.2 Å². The van der Waals surface area contributed by atoms with Crippen molar-refractivity contribution in [3.63, 3.8) is 0 Å². The molecule has 3 aromatic carbocycles. The number of hydrogen-bond acceptors (Lipinski definition) is 6. The highest BCUT2D eigenvalue weighted by molar-refractivity contribution is 5.99. The molecule has 6 nitrogen and oxygen atoms in total. The Kier molecular flexibility index (Phi) is 21.5. The summed E-state index contributed by atoms with van der Waals surface area (Å²) in [4.78, 5) is 14.0. The topological polar surface area (TPSA) is 63.2 Å². The van der Waals surface area contributed by atoms with Crippen LogP contribution in [0, 0.1) is 0 Å². The number of ether oxygens (including phenoxy) is 5. The van der Waals surface area contributed by atoms with Crippen molar-refractivity contribution in [3.8, 4) is 22.3 Å². The fourth-order valence-electron chi connectivity index (χ4n) is 6.94. The highest BCUT2D eigenvalue weighted by Crippen LogP contribution is 2.31. The van der Waals surface area contributed by atoms with Crippen molar-refractivity contribution in [1.82, 2.24) is 0 Å². The van der Waals surface area contributed by atoms with E-state index in [1.165, 1.54) is 114 Å². The Hall–Kier alpha value is -3.03. The molecule has 0 bridgehead atoms. The van der Waals surface area contributed by atoms with Crippen molar-refractivity contribution in [2.45, 2.75) is 136 Å². The number of carbonyl (C=O) groups excluding carboxylic acids is 1. The molecule has 0 aliphatic carbocycles. The first-order chi connectivity index (χ1) is 26.2. The Bertz CT molecular complexity index is 1370. The minimum atomic E-state index is -0.855. The molecule has 3 aromatic rings. The highest BCUT2D eigenvalue weighted by Gasteiger charge is 2.22. The van der Waals surface area contributed by atoms with Crippen LogP contribution in [0.2, 0.25) is 0 Å². The number of carbonyl (C=O) groups is 1. The smallest absolute Gasteiger partial charge is 0.341 e. The first-order valence-electron chi connectivity index (χ1n) is 21.1. The Morgan fingerprint density at radius 2 is 0.981 bits per heavy atom. The van der Waals surface area contributed by atoms with Crippen LogP contribution in [-0.4, -0.2) is 58.5 Å². The van der Waals surface area contributed by atoms with Crippen LogP contribution in [0.15, 0.2) is 66.7 Å². The van der Waals surface area contributed by atoms with Crippen molar-refractivity contribution >= 4 is 5.97 Å². The molecule has 1 unspecified atom stereocenters. The van der Waals surface area contributed by atoms with E-state index >= 15 is 0 Å². The molecule has 0 saturated carbocycles. The van der Waals surface area contributed by atoms with E-state index in [2.05, 4.69) is 74.5 Å². The van der Waals surface area contributed by atoms with Crippen LogP contribution in [0.4, 0.5) is 0 Å². The van der Waals surface area contributed by atoms with E-state index in [9.17, 15) is 4.79 Å². The summed E-state index contributed by atoms with van der Waals surface area (Å²) in [6.45, 7) is 7.18. The summed E-state index contributed by atoms with van der Waals surface area (Å²) < 4.78 is 28.8. The quantitative estimate of drug-likeness (QED) is 0.0758. The zero-order chi connectivity index (χ0) is 37.2. The maximum Gasteiger partial charge on any atom is 0.341 e. The van der Waals surface area contributed by atoms with Crippen molar-refractivity contribution in [1.29, 1.82) is 0 Å². The third kappa shape index (κ3) is 16.9. The molecule has 1 aliphatic heterocycles. The third-order valence-corrected chi connectivity index (χ3v) is 10.2. The van der Waals surface area contributed by atoms with Crippen LogP contribution in [0.25, 0.3) is 22.3 Å². The number of benzene rings is 3. The van der Waals surface area contributed by atoms with Gasteiger partial charge in [-0.15, -0.1) is 0 Å². The van der Waals surface area contributed by atoms with Gasteiger partial charge in [-0.2, -0.15) is 0 Å². The summed E-state index contributed by atoms with van der Waals surface area (Å²) in [6.07, 6.45) is 22.4. The number of aryl methyl sites for hydroxylation is 2. The fourth-order valence-corrected chi connectivity index (χ4v) is 6.94. The van der Waals surface area contributed by atoms with Crippen LogP contribution in [0.3, 0.4) is 0 Å². The summed E-state index contributed by atoms with van der Waals surface area (Å²) >= 11 is 0. The molecule has 292 valence electrons. The lowest BCUT2D eigenvalue weighted by Crippen LogP contribution is -2.29.